The van der Waals surface area contributed by atoms with E-state index in [2.05, 4.69) is 39.5 Å². The number of carboxylic acid groups (broad SMARTS) is 2. The molecule has 0 aliphatic heterocycles. The summed E-state index contributed by atoms with van der Waals surface area (Å²) in [4.78, 5) is 22.8. The molecule has 0 heterocycles. The van der Waals surface area contributed by atoms with Crippen LogP contribution in [-0.4, -0.2) is 59.5 Å². The molecule has 0 atom stereocenters. The zero-order valence-electron chi connectivity index (χ0n) is 33.5. The first-order valence-corrected chi connectivity index (χ1v) is 21.0. The topological polar surface area (TPSA) is 83.5 Å². The Morgan fingerprint density at radius 2 is 0.500 bits per heavy atom. The molecule has 0 radical (unpaired) electrons. The van der Waals surface area contributed by atoms with Crippen LogP contribution in [0.25, 0.3) is 0 Å². The van der Waals surface area contributed by atoms with Gasteiger partial charge >= 0.3 is 23.1 Å². The maximum atomic E-state index is 10.2. The Labute approximate surface area is 318 Å². The maximum Gasteiger partial charge on any atom is 2.00 e. The van der Waals surface area contributed by atoms with E-state index < -0.39 is 11.9 Å². The van der Waals surface area contributed by atoms with Gasteiger partial charge in [-0.25, -0.2) is 0 Å². The Bertz CT molecular complexity index is 536. The fourth-order valence-electron chi connectivity index (χ4n) is 5.95. The van der Waals surface area contributed by atoms with Crippen molar-refractivity contribution in [2.45, 2.75) is 240 Å². The number of hydrogen-bond donors (Lipinski definition) is 0. The van der Waals surface area contributed by atoms with Crippen molar-refractivity contribution in [1.29, 1.82) is 0 Å². The summed E-state index contributed by atoms with van der Waals surface area (Å²) < 4.78 is 0. The van der Waals surface area contributed by atoms with Gasteiger partial charge < -0.3 is 24.7 Å². The Morgan fingerprint density at radius 1 is 0.333 bits per heavy atom. The smallest absolute Gasteiger partial charge is 0.550 e. The second-order valence-corrected chi connectivity index (χ2v) is 13.8. The fraction of sp³-hybridized carbons (Fsp3) is 0.952. The summed E-state index contributed by atoms with van der Waals surface area (Å²) in [7, 11) is 0. The Kier molecular flexibility index (Phi) is 57.9. The number of nitrogens with zero attached hydrogens (tertiary/aromatic N) is 1. The number of aliphatic carboxylic acids is 2. The van der Waals surface area contributed by atoms with Crippen molar-refractivity contribution < 1.29 is 19.8 Å². The number of carboxylic acids is 2. The molecule has 284 valence electrons. The van der Waals surface area contributed by atoms with Crippen molar-refractivity contribution >= 4 is 35.0 Å². The third-order valence-electron chi connectivity index (χ3n) is 9.31. The molecule has 0 bridgehead atoms. The van der Waals surface area contributed by atoms with Gasteiger partial charge in [0.05, 0.1) is 0 Å². The normalized spacial score (nSPS) is 10.5. The maximum absolute atomic E-state index is 10.2. The van der Waals surface area contributed by atoms with Crippen molar-refractivity contribution in [3.05, 3.63) is 0 Å². The van der Waals surface area contributed by atoms with E-state index in [1.807, 2.05) is 0 Å². The van der Waals surface area contributed by atoms with E-state index >= 15 is 0 Å². The van der Waals surface area contributed by atoms with Crippen molar-refractivity contribution in [2.75, 3.05) is 19.6 Å². The van der Waals surface area contributed by atoms with Gasteiger partial charge in [0.15, 0.2) is 0 Å². The molecule has 0 aromatic rings. The van der Waals surface area contributed by atoms with E-state index in [4.69, 9.17) is 0 Å². The standard InChI is InChI=1S/2C18H36O2.C6H15N.Mg/c2*1-2-3-4-5-6-7-8-9-10-11-12-13-14-15-16-17-18(19)20;1-4-7(5-2)6-3;/h2*2-17H2,1H3,(H,19,20);4-6H2,1-3H3;/q;;;+2/p-2. The molecular formula is C42H85MgNO4. The number of unbranched alkanes of at least 4 members (excludes halogenated alkanes) is 28. The van der Waals surface area contributed by atoms with E-state index in [0.717, 1.165) is 25.7 Å². The summed E-state index contributed by atoms with van der Waals surface area (Å²) in [6.07, 6.45) is 39.7. The summed E-state index contributed by atoms with van der Waals surface area (Å²) in [6, 6.07) is 0. The van der Waals surface area contributed by atoms with Crippen LogP contribution in [0.3, 0.4) is 0 Å². The van der Waals surface area contributed by atoms with Crippen LogP contribution in [0.5, 0.6) is 0 Å². The molecule has 0 amide bonds. The van der Waals surface area contributed by atoms with Gasteiger partial charge in [0, 0.05) is 11.9 Å². The molecular weight excluding hydrogens is 607 g/mol. The predicted octanol–water partition coefficient (Wildman–Crippen LogP) is 11.0. The van der Waals surface area contributed by atoms with E-state index in [1.165, 1.54) is 187 Å². The molecule has 0 aliphatic carbocycles. The van der Waals surface area contributed by atoms with Crippen LogP contribution < -0.4 is 10.2 Å². The Hall–Kier alpha value is -0.334. The number of carbonyl (C=O) groups is 2. The first kappa shape index (κ1) is 54.4. The molecule has 0 spiro atoms. The third-order valence-corrected chi connectivity index (χ3v) is 9.31. The molecule has 0 rings (SSSR count). The van der Waals surface area contributed by atoms with Gasteiger partial charge in [0.1, 0.15) is 0 Å². The fourth-order valence-corrected chi connectivity index (χ4v) is 5.95. The average molecular weight is 692 g/mol. The second-order valence-electron chi connectivity index (χ2n) is 13.8. The van der Waals surface area contributed by atoms with E-state index in [9.17, 15) is 19.8 Å². The summed E-state index contributed by atoms with van der Waals surface area (Å²) in [5.74, 6) is -1.81. The predicted molar refractivity (Wildman–Crippen MR) is 208 cm³/mol. The first-order valence-electron chi connectivity index (χ1n) is 21.0. The minimum Gasteiger partial charge on any atom is -0.550 e. The molecule has 0 aromatic heterocycles. The van der Waals surface area contributed by atoms with E-state index in [1.54, 1.807) is 0 Å². The van der Waals surface area contributed by atoms with Crippen molar-refractivity contribution in [3.63, 3.8) is 0 Å². The Balaban J connectivity index is -0.000000331. The van der Waals surface area contributed by atoms with Crippen LogP contribution in [-0.2, 0) is 9.59 Å². The number of carbonyl (C=O) groups excluding carboxylic acids is 2. The zero-order valence-corrected chi connectivity index (χ0v) is 35.0. The summed E-state index contributed by atoms with van der Waals surface area (Å²) in [5, 5.41) is 20.4. The summed E-state index contributed by atoms with van der Waals surface area (Å²) in [5.41, 5.74) is 0. The summed E-state index contributed by atoms with van der Waals surface area (Å²) >= 11 is 0. The molecule has 0 saturated heterocycles. The first-order chi connectivity index (χ1) is 22.9. The average Bonchev–Trinajstić information content (AvgIpc) is 3.06. The monoisotopic (exact) mass is 692 g/mol. The largest absolute Gasteiger partial charge is 2.00 e. The van der Waals surface area contributed by atoms with Gasteiger partial charge in [0.2, 0.25) is 0 Å². The van der Waals surface area contributed by atoms with Crippen LogP contribution in [0.2, 0.25) is 0 Å². The van der Waals surface area contributed by atoms with Crippen LogP contribution in [0.1, 0.15) is 240 Å². The van der Waals surface area contributed by atoms with Gasteiger partial charge in [-0.2, -0.15) is 0 Å². The molecule has 0 fully saturated rings. The van der Waals surface area contributed by atoms with Gasteiger partial charge in [-0.15, -0.1) is 0 Å². The van der Waals surface area contributed by atoms with E-state index in [0.29, 0.717) is 0 Å². The van der Waals surface area contributed by atoms with Crippen LogP contribution in [0.4, 0.5) is 0 Å². The van der Waals surface area contributed by atoms with Crippen LogP contribution >= 0.6 is 0 Å². The molecule has 0 unspecified atom stereocenters. The van der Waals surface area contributed by atoms with Gasteiger partial charge in [-0.05, 0) is 45.3 Å². The van der Waals surface area contributed by atoms with Crippen LogP contribution in [0, 0.1) is 0 Å². The molecule has 48 heavy (non-hydrogen) atoms. The zero-order chi connectivity index (χ0) is 35.5. The number of rotatable bonds is 35. The molecule has 0 N–H and O–H groups in total. The third kappa shape index (κ3) is 57.9. The van der Waals surface area contributed by atoms with Crippen molar-refractivity contribution in [2.24, 2.45) is 0 Å². The molecule has 5 nitrogen and oxygen atoms in total. The van der Waals surface area contributed by atoms with Crippen molar-refractivity contribution in [1.82, 2.24) is 4.90 Å². The molecule has 0 aromatic carbocycles. The Morgan fingerprint density at radius 3 is 0.625 bits per heavy atom. The minimum absolute atomic E-state index is 0. The molecule has 0 aliphatic rings. The summed E-state index contributed by atoms with van der Waals surface area (Å²) in [6.45, 7) is 14.7. The number of hydrogen-bond acceptors (Lipinski definition) is 5. The van der Waals surface area contributed by atoms with Gasteiger partial charge in [-0.3, -0.25) is 0 Å². The molecule has 6 heteroatoms. The van der Waals surface area contributed by atoms with Crippen LogP contribution in [0.15, 0.2) is 0 Å². The SMILES string of the molecule is CCCCCCCCCCCCCCCCCC(=O)[O-].CCCCCCCCCCCCCCCCCC(=O)[O-].CCN(CC)CC.[Mg+2]. The minimum atomic E-state index is -0.903. The van der Waals surface area contributed by atoms with Gasteiger partial charge in [-0.1, -0.05) is 214 Å². The van der Waals surface area contributed by atoms with Crippen molar-refractivity contribution in [3.8, 4) is 0 Å². The quantitative estimate of drug-likeness (QED) is 0.0488. The second kappa shape index (κ2) is 51.0. The van der Waals surface area contributed by atoms with Gasteiger partial charge in [0.25, 0.3) is 0 Å². The molecule has 0 saturated carbocycles. The van der Waals surface area contributed by atoms with E-state index in [-0.39, 0.29) is 35.9 Å².